The predicted octanol–water partition coefficient (Wildman–Crippen LogP) is 1.37. The van der Waals surface area contributed by atoms with Gasteiger partial charge in [-0.3, -0.25) is 24.1 Å². The van der Waals surface area contributed by atoms with E-state index in [2.05, 4.69) is 10.6 Å². The molecule has 0 aliphatic heterocycles. The van der Waals surface area contributed by atoms with Gasteiger partial charge in [0.25, 0.3) is 5.91 Å². The Morgan fingerprint density at radius 3 is 2.44 bits per heavy atom. The monoisotopic (exact) mass is 600 g/mol. The van der Waals surface area contributed by atoms with E-state index in [0.717, 1.165) is 31.7 Å². The molecule has 0 bridgehead atoms. The number of Topliss-reactive ketones (excluding diaryl/α,β-unsaturated/α-hetero) is 2. The Labute approximate surface area is 247 Å². The molecule has 43 heavy (non-hydrogen) atoms. The van der Waals surface area contributed by atoms with Crippen molar-refractivity contribution in [2.45, 2.75) is 56.6 Å². The van der Waals surface area contributed by atoms with E-state index in [1.54, 1.807) is 0 Å². The van der Waals surface area contributed by atoms with Crippen LogP contribution in [0.5, 0.6) is 5.75 Å². The maximum atomic E-state index is 15.4. The number of carbonyl (C=O) groups excluding carboxylic acids is 4. The Balaban J connectivity index is 1.47. The number of benzene rings is 1. The number of rotatable bonds is 7. The van der Waals surface area contributed by atoms with Crippen molar-refractivity contribution >= 4 is 29.1 Å². The maximum Gasteiger partial charge on any atom is 0.255 e. The lowest BCUT2D eigenvalue weighted by molar-refractivity contribution is -0.148. The Kier molecular flexibility index (Phi) is 8.09. The number of anilines is 1. The molecule has 1 aromatic rings. The van der Waals surface area contributed by atoms with Crippen LogP contribution in [0.4, 0.5) is 10.1 Å². The van der Waals surface area contributed by atoms with Gasteiger partial charge in [-0.15, -0.1) is 0 Å². The van der Waals surface area contributed by atoms with E-state index in [-0.39, 0.29) is 30.6 Å². The molecule has 8 N–H and O–H groups in total. The van der Waals surface area contributed by atoms with Crippen molar-refractivity contribution in [3.05, 3.63) is 45.7 Å². The van der Waals surface area contributed by atoms with Crippen molar-refractivity contribution in [2.75, 3.05) is 32.5 Å². The number of primary amides is 1. The minimum absolute atomic E-state index is 0.0945. The van der Waals surface area contributed by atoms with E-state index in [9.17, 15) is 39.6 Å². The number of nitrogens with two attached hydrogens (primary N) is 1. The topological polar surface area (TPSA) is 203 Å². The molecular weight excluding hydrogens is 563 g/mol. The molecule has 5 rings (SSSR count). The first kappa shape index (κ1) is 30.6. The molecule has 1 saturated carbocycles. The van der Waals surface area contributed by atoms with Gasteiger partial charge in [-0.05, 0) is 58.2 Å². The number of ketones is 2. The minimum atomic E-state index is -2.80. The third kappa shape index (κ3) is 4.98. The molecule has 4 atom stereocenters. The number of aliphatic hydroxyl groups excluding tert-OH is 2. The minimum Gasteiger partial charge on any atom is -0.510 e. The fourth-order valence-corrected chi connectivity index (χ4v) is 7.34. The number of hydrogen-bond acceptors (Lipinski definition) is 10. The molecule has 4 aliphatic rings. The molecular formula is C30H37FN4O8. The third-order valence-corrected chi connectivity index (χ3v) is 9.39. The quantitative estimate of drug-likeness (QED) is 0.177. The molecule has 13 heteroatoms. The van der Waals surface area contributed by atoms with E-state index in [1.807, 2.05) is 0 Å². The van der Waals surface area contributed by atoms with E-state index in [4.69, 9.17) is 5.73 Å². The van der Waals surface area contributed by atoms with Crippen LogP contribution in [0.15, 0.2) is 28.7 Å². The third-order valence-electron chi connectivity index (χ3n) is 9.39. The normalized spacial score (nSPS) is 27.6. The number of nitrogens with one attached hydrogen (secondary N) is 2. The van der Waals surface area contributed by atoms with Gasteiger partial charge in [-0.25, -0.2) is 4.39 Å². The average molecular weight is 601 g/mol. The number of phenols is 1. The summed E-state index contributed by atoms with van der Waals surface area (Å²) in [5, 5.41) is 50.4. The summed E-state index contributed by atoms with van der Waals surface area (Å²) in [6.07, 6.45) is 5.31. The van der Waals surface area contributed by atoms with Crippen LogP contribution in [0.25, 0.3) is 0 Å². The standard InChI is InChI=1S/C30H37FN4O8/c1-35(2)23-16-9-14-8-15-17(31)10-18(34-19(36)12-33-11-13-6-4-3-5-7-13)24(37)21(15)25(38)20(14)27(40)30(16,43)28(41)22(26(23)39)29(32)42/h10,13-14,16,23,33,37,39-40,43H,3-9,11-12H2,1-2H3,(H2,32,42)(H,34,36)/t14-,16-,23-,30-/m0/s1. The second-order valence-corrected chi connectivity index (χ2v) is 12.3. The molecule has 0 radical (unpaired) electrons. The highest BCUT2D eigenvalue weighted by Gasteiger charge is 2.63. The SMILES string of the molecule is CN(C)[C@@H]1C(O)=C(C(N)=O)C(=O)[C@@]2(O)C(O)=C3C(=O)c4c(O)c(NC(=O)CNCC5CCCCC5)cc(F)c4C[C@H]3C[C@@H]12. The van der Waals surface area contributed by atoms with Crippen molar-refractivity contribution in [3.63, 3.8) is 0 Å². The summed E-state index contributed by atoms with van der Waals surface area (Å²) >= 11 is 0. The smallest absolute Gasteiger partial charge is 0.255 e. The van der Waals surface area contributed by atoms with Crippen LogP contribution in [0.1, 0.15) is 54.4 Å². The van der Waals surface area contributed by atoms with E-state index < -0.39 is 86.7 Å². The number of allylic oxidation sites excluding steroid dienone is 1. The van der Waals surface area contributed by atoms with Gasteiger partial charge in [-0.2, -0.15) is 0 Å². The van der Waals surface area contributed by atoms with Crippen molar-refractivity contribution in [3.8, 4) is 5.75 Å². The fourth-order valence-electron chi connectivity index (χ4n) is 7.34. The lowest BCUT2D eigenvalue weighted by Gasteiger charge is -2.50. The molecule has 12 nitrogen and oxygen atoms in total. The highest BCUT2D eigenvalue weighted by Crippen LogP contribution is 2.53. The number of amides is 2. The van der Waals surface area contributed by atoms with Crippen LogP contribution in [0.2, 0.25) is 0 Å². The lowest BCUT2D eigenvalue weighted by Crippen LogP contribution is -2.63. The Hall–Kier alpha value is -3.81. The first-order valence-corrected chi connectivity index (χ1v) is 14.5. The van der Waals surface area contributed by atoms with Gasteiger partial charge in [-0.1, -0.05) is 19.3 Å². The van der Waals surface area contributed by atoms with Crippen molar-refractivity contribution in [1.29, 1.82) is 0 Å². The molecule has 1 fully saturated rings. The van der Waals surface area contributed by atoms with Gasteiger partial charge >= 0.3 is 0 Å². The summed E-state index contributed by atoms with van der Waals surface area (Å²) in [6, 6.07) is -0.220. The Morgan fingerprint density at radius 1 is 1.14 bits per heavy atom. The summed E-state index contributed by atoms with van der Waals surface area (Å²) in [6.45, 7) is 0.551. The highest BCUT2D eigenvalue weighted by atomic mass is 19.1. The molecule has 0 aromatic heterocycles. The second kappa shape index (κ2) is 11.4. The van der Waals surface area contributed by atoms with Crippen molar-refractivity contribution < 1.29 is 44.0 Å². The number of aromatic hydroxyl groups is 1. The van der Waals surface area contributed by atoms with Gasteiger partial charge < -0.3 is 36.8 Å². The van der Waals surface area contributed by atoms with Crippen LogP contribution >= 0.6 is 0 Å². The number of phenolic OH excluding ortho intramolecular Hbond substituents is 1. The van der Waals surface area contributed by atoms with Crippen LogP contribution < -0.4 is 16.4 Å². The first-order chi connectivity index (χ1) is 20.3. The summed E-state index contributed by atoms with van der Waals surface area (Å²) in [4.78, 5) is 53.3. The zero-order valence-corrected chi connectivity index (χ0v) is 24.1. The van der Waals surface area contributed by atoms with Gasteiger partial charge in [0.1, 0.15) is 22.9 Å². The number of fused-ring (bicyclic) bond motifs is 3. The van der Waals surface area contributed by atoms with Crippen LogP contribution in [-0.4, -0.2) is 87.5 Å². The van der Waals surface area contributed by atoms with Gasteiger partial charge in [0.2, 0.25) is 11.7 Å². The van der Waals surface area contributed by atoms with Gasteiger partial charge in [0, 0.05) is 23.1 Å². The Bertz CT molecular complexity index is 1460. The van der Waals surface area contributed by atoms with E-state index in [1.165, 1.54) is 25.4 Å². The van der Waals surface area contributed by atoms with E-state index in [0.29, 0.717) is 12.5 Å². The molecule has 0 unspecified atom stereocenters. The average Bonchev–Trinajstić information content (AvgIpc) is 2.93. The van der Waals surface area contributed by atoms with Crippen LogP contribution in [0.3, 0.4) is 0 Å². The molecule has 0 spiro atoms. The molecule has 4 aliphatic carbocycles. The fraction of sp³-hybridized carbons (Fsp3) is 0.533. The largest absolute Gasteiger partial charge is 0.510 e. The van der Waals surface area contributed by atoms with Gasteiger partial charge in [0.15, 0.2) is 17.1 Å². The number of aliphatic hydroxyl groups is 3. The first-order valence-electron chi connectivity index (χ1n) is 14.5. The summed E-state index contributed by atoms with van der Waals surface area (Å²) in [5.74, 6) is -9.24. The van der Waals surface area contributed by atoms with Crippen molar-refractivity contribution in [2.24, 2.45) is 23.5 Å². The number of hydrogen-bond donors (Lipinski definition) is 7. The lowest BCUT2D eigenvalue weighted by atomic mass is 9.58. The summed E-state index contributed by atoms with van der Waals surface area (Å²) in [7, 11) is 3.04. The number of nitrogens with zero attached hydrogens (tertiary/aromatic N) is 1. The summed E-state index contributed by atoms with van der Waals surface area (Å²) < 4.78 is 15.4. The number of carbonyl (C=O) groups is 4. The molecule has 1 aromatic carbocycles. The zero-order chi connectivity index (χ0) is 31.4. The van der Waals surface area contributed by atoms with Crippen LogP contribution in [-0.2, 0) is 20.8 Å². The molecule has 0 heterocycles. The van der Waals surface area contributed by atoms with E-state index >= 15 is 4.39 Å². The zero-order valence-electron chi connectivity index (χ0n) is 24.1. The van der Waals surface area contributed by atoms with Crippen molar-refractivity contribution in [1.82, 2.24) is 10.2 Å². The maximum absolute atomic E-state index is 15.4. The van der Waals surface area contributed by atoms with Gasteiger partial charge in [0.05, 0.1) is 23.8 Å². The number of likely N-dealkylation sites (N-methyl/N-ethyl adjacent to an activating group) is 1. The Morgan fingerprint density at radius 2 is 1.81 bits per heavy atom. The predicted molar refractivity (Wildman–Crippen MR) is 152 cm³/mol. The van der Waals surface area contributed by atoms with Crippen LogP contribution in [0, 0.1) is 23.6 Å². The number of halogens is 1. The summed E-state index contributed by atoms with van der Waals surface area (Å²) in [5.41, 5.74) is 0.216. The molecule has 2 amide bonds. The molecule has 232 valence electrons. The second-order valence-electron chi connectivity index (χ2n) is 12.3. The highest BCUT2D eigenvalue weighted by molar-refractivity contribution is 6.25. The molecule has 0 saturated heterocycles.